The van der Waals surface area contributed by atoms with Crippen molar-refractivity contribution in [1.82, 2.24) is 0 Å². The molecule has 0 aliphatic heterocycles. The largest absolute Gasteiger partial charge is 0.310 e. The predicted octanol–water partition coefficient (Wildman–Crippen LogP) is 22.1. The Bertz CT molecular complexity index is 4920. The summed E-state index contributed by atoms with van der Waals surface area (Å²) in [6, 6.07) is 108. The van der Waals surface area contributed by atoms with E-state index in [1.807, 2.05) is 0 Å². The molecule has 0 bridgehead atoms. The molecule has 17 rings (SSSR count). The van der Waals surface area contributed by atoms with Crippen molar-refractivity contribution >= 4 is 60.2 Å². The number of anilines is 3. The maximum absolute atomic E-state index is 2.54. The second kappa shape index (κ2) is 18.0. The van der Waals surface area contributed by atoms with Gasteiger partial charge in [0.2, 0.25) is 0 Å². The third-order valence-corrected chi connectivity index (χ3v) is 19.8. The van der Waals surface area contributed by atoms with Gasteiger partial charge in [-0.15, -0.1) is 0 Å². The molecule has 84 heavy (non-hydrogen) atoms. The van der Waals surface area contributed by atoms with Crippen LogP contribution in [0.3, 0.4) is 0 Å². The highest BCUT2D eigenvalue weighted by Gasteiger charge is 2.46. The Morgan fingerprint density at radius 1 is 0.226 bits per heavy atom. The molecular formula is C83H59N. The summed E-state index contributed by atoms with van der Waals surface area (Å²) in [5.74, 6) is 0. The van der Waals surface area contributed by atoms with E-state index in [9.17, 15) is 0 Å². The van der Waals surface area contributed by atoms with Gasteiger partial charge in [-0.3, -0.25) is 0 Å². The van der Waals surface area contributed by atoms with Crippen LogP contribution in [0.25, 0.3) is 98.7 Å². The molecule has 14 aromatic rings. The lowest BCUT2D eigenvalue weighted by molar-refractivity contribution is 0.660. The van der Waals surface area contributed by atoms with Crippen LogP contribution in [0, 0.1) is 0 Å². The Hall–Kier alpha value is -10.1. The zero-order valence-electron chi connectivity index (χ0n) is 47.6. The van der Waals surface area contributed by atoms with Gasteiger partial charge in [-0.2, -0.15) is 0 Å². The predicted molar refractivity (Wildman–Crippen MR) is 354 cm³/mol. The molecular weight excluding hydrogens is 1010 g/mol. The van der Waals surface area contributed by atoms with Gasteiger partial charge in [0.05, 0.1) is 11.1 Å². The van der Waals surface area contributed by atoms with Crippen LogP contribution >= 0.6 is 0 Å². The van der Waals surface area contributed by atoms with E-state index >= 15 is 0 Å². The van der Waals surface area contributed by atoms with Crippen molar-refractivity contribution in [3.05, 3.63) is 330 Å². The average Bonchev–Trinajstić information content (AvgIpc) is 2.23. The van der Waals surface area contributed by atoms with Gasteiger partial charge < -0.3 is 4.90 Å². The summed E-state index contributed by atoms with van der Waals surface area (Å²) >= 11 is 0. The van der Waals surface area contributed by atoms with Crippen LogP contribution in [0.4, 0.5) is 17.1 Å². The highest BCUT2D eigenvalue weighted by Crippen LogP contribution is 2.58. The maximum atomic E-state index is 2.54. The molecule has 0 fully saturated rings. The standard InChI is InChI=1S/C83H59N/c1-81(2)74-34-18-14-29-63(74)67-44-42-55(48-78(67)81)84(56-43-45-68-64-30-15-19-35-75(64)82(3,4)79(68)49-56)80-47-46-62(57-24-12-13-33-69(57)80)71-51-73-59-26-9-8-25-58(59)70(50-72(73)61-28-11-10-27-60(61)71)52-38-40-54(41-39-52)83(53-22-6-5-7-23-53)76-36-20-16-31-65(76)66-32-17-21-37-77(66)83/h5-51H,1-4H3. The van der Waals surface area contributed by atoms with Gasteiger partial charge in [0, 0.05) is 27.6 Å². The van der Waals surface area contributed by atoms with E-state index in [0.717, 1.165) is 17.1 Å². The summed E-state index contributed by atoms with van der Waals surface area (Å²) in [7, 11) is 0. The van der Waals surface area contributed by atoms with Crippen molar-refractivity contribution in [2.45, 2.75) is 43.9 Å². The van der Waals surface area contributed by atoms with Crippen LogP contribution in [0.2, 0.25) is 0 Å². The van der Waals surface area contributed by atoms with Crippen molar-refractivity contribution in [3.63, 3.8) is 0 Å². The highest BCUT2D eigenvalue weighted by atomic mass is 15.1. The van der Waals surface area contributed by atoms with E-state index in [4.69, 9.17) is 0 Å². The van der Waals surface area contributed by atoms with Gasteiger partial charge in [-0.1, -0.05) is 270 Å². The summed E-state index contributed by atoms with van der Waals surface area (Å²) in [5.41, 5.74) is 26.1. The molecule has 396 valence electrons. The van der Waals surface area contributed by atoms with E-state index in [1.165, 1.54) is 143 Å². The van der Waals surface area contributed by atoms with Crippen molar-refractivity contribution < 1.29 is 0 Å². The third kappa shape index (κ3) is 6.73. The Kier molecular flexibility index (Phi) is 10.4. The molecule has 0 aromatic heterocycles. The summed E-state index contributed by atoms with van der Waals surface area (Å²) in [6.07, 6.45) is 0. The zero-order chi connectivity index (χ0) is 56.1. The van der Waals surface area contributed by atoms with Crippen LogP contribution in [-0.4, -0.2) is 0 Å². The summed E-state index contributed by atoms with van der Waals surface area (Å²) in [4.78, 5) is 2.54. The summed E-state index contributed by atoms with van der Waals surface area (Å²) in [5, 5.41) is 9.89. The van der Waals surface area contributed by atoms with E-state index in [0.29, 0.717) is 0 Å². The van der Waals surface area contributed by atoms with Crippen molar-refractivity contribution in [1.29, 1.82) is 0 Å². The summed E-state index contributed by atoms with van der Waals surface area (Å²) in [6.45, 7) is 9.54. The first-order chi connectivity index (χ1) is 41.2. The number of fused-ring (bicyclic) bond motifs is 15. The quantitative estimate of drug-likeness (QED) is 0.144. The number of nitrogens with zero attached hydrogens (tertiary/aromatic N) is 1. The first kappa shape index (κ1) is 48.6. The Balaban J connectivity index is 0.835. The SMILES string of the molecule is CC1(C)c2ccccc2-c2ccc(N(c3ccc4c(c3)C(C)(C)c3ccccc3-4)c3ccc(-c4cc5c6ccccc6c(-c6ccc(C7(c8ccccc8)c8ccccc8-c8ccccc87)cc6)cc5c5ccccc45)c4ccccc34)cc21. The first-order valence-corrected chi connectivity index (χ1v) is 29.7. The molecule has 0 saturated carbocycles. The molecule has 0 amide bonds. The van der Waals surface area contributed by atoms with Gasteiger partial charge in [0.1, 0.15) is 0 Å². The fourth-order valence-electron chi connectivity index (χ4n) is 15.8. The van der Waals surface area contributed by atoms with E-state index in [1.54, 1.807) is 0 Å². The van der Waals surface area contributed by atoms with Gasteiger partial charge >= 0.3 is 0 Å². The van der Waals surface area contributed by atoms with Crippen LogP contribution in [-0.2, 0) is 16.2 Å². The Labute approximate surface area is 491 Å². The van der Waals surface area contributed by atoms with Gasteiger partial charge in [0.15, 0.2) is 0 Å². The minimum Gasteiger partial charge on any atom is -0.310 e. The van der Waals surface area contributed by atoms with Crippen LogP contribution in [0.5, 0.6) is 0 Å². The van der Waals surface area contributed by atoms with Gasteiger partial charge in [-0.05, 0) is 180 Å². The molecule has 0 heterocycles. The third-order valence-electron chi connectivity index (χ3n) is 19.8. The molecule has 0 radical (unpaired) electrons. The van der Waals surface area contributed by atoms with Gasteiger partial charge in [0.25, 0.3) is 0 Å². The van der Waals surface area contributed by atoms with E-state index in [-0.39, 0.29) is 10.8 Å². The molecule has 3 aliphatic carbocycles. The smallest absolute Gasteiger partial charge is 0.0713 e. The fraction of sp³-hybridized carbons (Fsp3) is 0.0843. The van der Waals surface area contributed by atoms with Crippen LogP contribution < -0.4 is 4.90 Å². The zero-order valence-corrected chi connectivity index (χ0v) is 47.6. The fourth-order valence-corrected chi connectivity index (χ4v) is 15.8. The molecule has 0 atom stereocenters. The molecule has 3 aliphatic rings. The number of rotatable bonds is 7. The normalized spacial score (nSPS) is 14.5. The van der Waals surface area contributed by atoms with Crippen LogP contribution in [0.15, 0.2) is 285 Å². The highest BCUT2D eigenvalue weighted by molar-refractivity contribution is 6.25. The lowest BCUT2D eigenvalue weighted by Crippen LogP contribution is -2.28. The van der Waals surface area contributed by atoms with E-state index < -0.39 is 5.41 Å². The maximum Gasteiger partial charge on any atom is 0.0713 e. The molecule has 14 aromatic carbocycles. The molecule has 1 heteroatoms. The molecule has 1 nitrogen and oxygen atoms in total. The summed E-state index contributed by atoms with van der Waals surface area (Å²) < 4.78 is 0. The minimum absolute atomic E-state index is 0.157. The number of hydrogen-bond donors (Lipinski definition) is 0. The minimum atomic E-state index is -0.455. The number of hydrogen-bond acceptors (Lipinski definition) is 1. The Morgan fingerprint density at radius 2 is 0.595 bits per heavy atom. The van der Waals surface area contributed by atoms with Crippen molar-refractivity contribution in [3.8, 4) is 55.6 Å². The molecule has 0 saturated heterocycles. The van der Waals surface area contributed by atoms with Crippen molar-refractivity contribution in [2.75, 3.05) is 4.90 Å². The molecule has 0 N–H and O–H groups in total. The van der Waals surface area contributed by atoms with Gasteiger partial charge in [-0.25, -0.2) is 0 Å². The monoisotopic (exact) mass is 1070 g/mol. The first-order valence-electron chi connectivity index (χ1n) is 29.7. The lowest BCUT2D eigenvalue weighted by atomic mass is 9.67. The van der Waals surface area contributed by atoms with Crippen molar-refractivity contribution in [2.24, 2.45) is 0 Å². The molecule has 0 spiro atoms. The lowest BCUT2D eigenvalue weighted by Gasteiger charge is -2.34. The second-order valence-corrected chi connectivity index (χ2v) is 24.6. The second-order valence-electron chi connectivity index (χ2n) is 24.6. The molecule has 0 unspecified atom stereocenters. The number of benzene rings is 14. The Morgan fingerprint density at radius 3 is 1.12 bits per heavy atom. The average molecular weight is 1070 g/mol. The van der Waals surface area contributed by atoms with E-state index in [2.05, 4.69) is 318 Å². The topological polar surface area (TPSA) is 3.24 Å². The van der Waals surface area contributed by atoms with Crippen LogP contribution in [0.1, 0.15) is 72.2 Å².